The molecule has 1 amide bonds. The molecule has 0 saturated carbocycles. The van der Waals surface area contributed by atoms with Gasteiger partial charge in [0, 0.05) is 22.4 Å². The van der Waals surface area contributed by atoms with Gasteiger partial charge in [0.15, 0.2) is 5.43 Å². The summed E-state index contributed by atoms with van der Waals surface area (Å²) >= 11 is 0. The lowest BCUT2D eigenvalue weighted by molar-refractivity contribution is -0.122. The molecular formula is C23H15F2N3O2. The normalized spacial score (nSPS) is 11.9. The summed E-state index contributed by atoms with van der Waals surface area (Å²) in [5, 5.41) is 12.8. The van der Waals surface area contributed by atoms with Crippen LogP contribution in [-0.2, 0) is 11.3 Å². The molecular weight excluding hydrogens is 388 g/mol. The van der Waals surface area contributed by atoms with E-state index in [1.165, 1.54) is 0 Å². The first-order chi connectivity index (χ1) is 14.5. The zero-order valence-corrected chi connectivity index (χ0v) is 15.6. The van der Waals surface area contributed by atoms with E-state index in [-0.39, 0.29) is 17.5 Å². The third kappa shape index (κ3) is 3.40. The second-order valence-electron chi connectivity index (χ2n) is 6.75. The topological polar surface area (TPSA) is 74.9 Å². The Morgan fingerprint density at radius 1 is 1.00 bits per heavy atom. The maximum absolute atomic E-state index is 14.0. The number of nitrogens with one attached hydrogen (secondary N) is 1. The number of nitrogens with zero attached hydrogens (tertiary/aromatic N) is 2. The number of benzene rings is 3. The molecule has 1 unspecified atom stereocenters. The summed E-state index contributed by atoms with van der Waals surface area (Å²) in [4.78, 5) is 25.5. The number of amides is 1. The van der Waals surface area contributed by atoms with Gasteiger partial charge in [-0.2, -0.15) is 5.26 Å². The van der Waals surface area contributed by atoms with Crippen LogP contribution in [0.5, 0.6) is 0 Å². The summed E-state index contributed by atoms with van der Waals surface area (Å²) in [6.45, 7) is -0.192. The summed E-state index contributed by atoms with van der Waals surface area (Å²) in [5.74, 6) is -2.24. The molecule has 30 heavy (non-hydrogen) atoms. The van der Waals surface area contributed by atoms with Gasteiger partial charge in [0.1, 0.15) is 24.2 Å². The predicted octanol–water partition coefficient (Wildman–Crippen LogP) is 3.81. The highest BCUT2D eigenvalue weighted by Crippen LogP contribution is 2.20. The van der Waals surface area contributed by atoms with Gasteiger partial charge in [-0.05, 0) is 30.3 Å². The monoisotopic (exact) mass is 403 g/mol. The molecule has 0 aliphatic rings. The highest BCUT2D eigenvalue weighted by molar-refractivity contribution is 5.94. The van der Waals surface area contributed by atoms with E-state index in [2.05, 4.69) is 5.32 Å². The van der Waals surface area contributed by atoms with E-state index in [0.717, 1.165) is 12.1 Å². The van der Waals surface area contributed by atoms with Crippen LogP contribution in [0, 0.1) is 23.0 Å². The quantitative estimate of drug-likeness (QED) is 0.527. The number of rotatable bonds is 4. The van der Waals surface area contributed by atoms with E-state index in [1.54, 1.807) is 53.1 Å². The SMILES string of the molecule is N#CC(NC(=O)Cn1c2ccccc2c(=O)c2ccccc21)c1ccc(F)cc1F. The van der Waals surface area contributed by atoms with E-state index in [0.29, 0.717) is 27.9 Å². The number of hydrogen-bond acceptors (Lipinski definition) is 3. The second kappa shape index (κ2) is 7.76. The van der Waals surface area contributed by atoms with Gasteiger partial charge in [-0.1, -0.05) is 30.3 Å². The van der Waals surface area contributed by atoms with E-state index in [9.17, 15) is 23.6 Å². The molecule has 1 N–H and O–H groups in total. The zero-order valence-electron chi connectivity index (χ0n) is 15.6. The van der Waals surface area contributed by atoms with Crippen LogP contribution in [0.4, 0.5) is 8.78 Å². The molecule has 1 heterocycles. The standard InChI is InChI=1S/C23H15F2N3O2/c24-14-9-10-15(18(25)11-14)19(12-26)27-22(29)13-28-20-7-3-1-5-16(20)23(30)17-6-2-4-8-21(17)28/h1-11,19H,13H2,(H,27,29). The van der Waals surface area contributed by atoms with Gasteiger partial charge in [0.05, 0.1) is 17.1 Å². The lowest BCUT2D eigenvalue weighted by Gasteiger charge is -2.17. The summed E-state index contributed by atoms with van der Waals surface area (Å²) in [6, 6.07) is 17.2. The molecule has 4 aromatic rings. The smallest absolute Gasteiger partial charge is 0.241 e. The molecule has 7 heteroatoms. The van der Waals surface area contributed by atoms with Crippen molar-refractivity contribution in [1.29, 1.82) is 5.26 Å². The average molecular weight is 403 g/mol. The Morgan fingerprint density at radius 2 is 1.60 bits per heavy atom. The number of pyridine rings is 1. The lowest BCUT2D eigenvalue weighted by Crippen LogP contribution is -2.32. The first-order valence-electron chi connectivity index (χ1n) is 9.14. The Hall–Kier alpha value is -4.05. The van der Waals surface area contributed by atoms with Gasteiger partial charge in [-0.3, -0.25) is 9.59 Å². The Morgan fingerprint density at radius 3 is 2.17 bits per heavy atom. The molecule has 1 aromatic heterocycles. The van der Waals surface area contributed by atoms with Crippen molar-refractivity contribution in [3.8, 4) is 6.07 Å². The highest BCUT2D eigenvalue weighted by atomic mass is 19.1. The molecule has 3 aromatic carbocycles. The first-order valence-corrected chi connectivity index (χ1v) is 9.14. The number of fused-ring (bicyclic) bond motifs is 2. The number of carbonyl (C=O) groups excluding carboxylic acids is 1. The van der Waals surface area contributed by atoms with Crippen LogP contribution < -0.4 is 10.7 Å². The average Bonchev–Trinajstić information content (AvgIpc) is 2.75. The van der Waals surface area contributed by atoms with Gasteiger partial charge in [-0.15, -0.1) is 0 Å². The van der Waals surface area contributed by atoms with Crippen molar-refractivity contribution in [2.45, 2.75) is 12.6 Å². The number of carbonyl (C=O) groups is 1. The number of halogens is 2. The van der Waals surface area contributed by atoms with E-state index >= 15 is 0 Å². The van der Waals surface area contributed by atoms with Gasteiger partial charge < -0.3 is 9.88 Å². The summed E-state index contributed by atoms with van der Waals surface area (Å²) in [6.07, 6.45) is 0. The Balaban J connectivity index is 1.73. The molecule has 0 radical (unpaired) electrons. The maximum atomic E-state index is 14.0. The third-order valence-corrected chi connectivity index (χ3v) is 4.89. The Labute approximate surface area is 169 Å². The van der Waals surface area contributed by atoms with Crippen LogP contribution in [-0.4, -0.2) is 10.5 Å². The fourth-order valence-corrected chi connectivity index (χ4v) is 3.51. The van der Waals surface area contributed by atoms with Crippen LogP contribution in [0.25, 0.3) is 21.8 Å². The molecule has 5 nitrogen and oxygen atoms in total. The molecule has 0 aliphatic carbocycles. The van der Waals surface area contributed by atoms with Crippen LogP contribution in [0.15, 0.2) is 71.5 Å². The number of hydrogen-bond donors (Lipinski definition) is 1. The third-order valence-electron chi connectivity index (χ3n) is 4.89. The minimum absolute atomic E-state index is 0.123. The molecule has 0 bridgehead atoms. The van der Waals surface area contributed by atoms with Crippen molar-refractivity contribution in [2.75, 3.05) is 0 Å². The molecule has 0 spiro atoms. The molecule has 4 rings (SSSR count). The molecule has 0 fully saturated rings. The summed E-state index contributed by atoms with van der Waals surface area (Å²) in [5.41, 5.74) is 0.874. The molecule has 0 aliphatic heterocycles. The highest BCUT2D eigenvalue weighted by Gasteiger charge is 2.19. The van der Waals surface area contributed by atoms with Crippen molar-refractivity contribution in [2.24, 2.45) is 0 Å². The van der Waals surface area contributed by atoms with Crippen molar-refractivity contribution >= 4 is 27.7 Å². The maximum Gasteiger partial charge on any atom is 0.241 e. The molecule has 0 saturated heterocycles. The fourth-order valence-electron chi connectivity index (χ4n) is 3.51. The minimum Gasteiger partial charge on any atom is -0.335 e. The minimum atomic E-state index is -1.28. The van der Waals surface area contributed by atoms with Crippen LogP contribution in [0.1, 0.15) is 11.6 Å². The predicted molar refractivity (Wildman–Crippen MR) is 109 cm³/mol. The summed E-state index contributed by atoms with van der Waals surface area (Å²) in [7, 11) is 0. The molecule has 148 valence electrons. The Bertz CT molecular complexity index is 1330. The van der Waals surface area contributed by atoms with Crippen molar-refractivity contribution in [1.82, 2.24) is 9.88 Å². The zero-order chi connectivity index (χ0) is 21.3. The molecule has 1 atom stereocenters. The second-order valence-corrected chi connectivity index (χ2v) is 6.75. The number of aromatic nitrogens is 1. The van der Waals surface area contributed by atoms with Gasteiger partial charge in [0.2, 0.25) is 5.91 Å². The van der Waals surface area contributed by atoms with Crippen LogP contribution in [0.3, 0.4) is 0 Å². The van der Waals surface area contributed by atoms with E-state index in [4.69, 9.17) is 0 Å². The lowest BCUT2D eigenvalue weighted by atomic mass is 10.1. The van der Waals surface area contributed by atoms with Crippen molar-refractivity contribution in [3.63, 3.8) is 0 Å². The van der Waals surface area contributed by atoms with Crippen LogP contribution >= 0.6 is 0 Å². The van der Waals surface area contributed by atoms with Crippen molar-refractivity contribution in [3.05, 3.63) is 94.2 Å². The summed E-state index contributed by atoms with van der Waals surface area (Å²) < 4.78 is 28.9. The number of nitriles is 1. The van der Waals surface area contributed by atoms with Crippen molar-refractivity contribution < 1.29 is 13.6 Å². The van der Waals surface area contributed by atoms with Gasteiger partial charge in [-0.25, -0.2) is 8.78 Å². The largest absolute Gasteiger partial charge is 0.335 e. The fraction of sp³-hybridized carbons (Fsp3) is 0.0870. The van der Waals surface area contributed by atoms with E-state index in [1.807, 2.05) is 6.07 Å². The van der Waals surface area contributed by atoms with Gasteiger partial charge >= 0.3 is 0 Å². The van der Waals surface area contributed by atoms with Crippen LogP contribution in [0.2, 0.25) is 0 Å². The van der Waals surface area contributed by atoms with Gasteiger partial charge in [0.25, 0.3) is 0 Å². The Kier molecular flexibility index (Phi) is 4.98. The number of para-hydroxylation sites is 2. The van der Waals surface area contributed by atoms with E-state index < -0.39 is 23.6 Å². The first kappa shape index (κ1) is 19.3.